The maximum atomic E-state index is 5.82. The summed E-state index contributed by atoms with van der Waals surface area (Å²) < 4.78 is 7.23. The molecular weight excluding hydrogens is 288 g/mol. The Bertz CT molecular complexity index is 577. The maximum absolute atomic E-state index is 5.82. The van der Waals surface area contributed by atoms with E-state index in [0.717, 1.165) is 36.5 Å². The van der Waals surface area contributed by atoms with Crippen LogP contribution in [-0.4, -0.2) is 22.1 Å². The van der Waals surface area contributed by atoms with Gasteiger partial charge in [-0.1, -0.05) is 50.0 Å². The van der Waals surface area contributed by atoms with Gasteiger partial charge in [-0.05, 0) is 24.1 Å². The van der Waals surface area contributed by atoms with Crippen molar-refractivity contribution >= 4 is 0 Å². The molecule has 1 heterocycles. The molecule has 0 radical (unpaired) electrons. The van der Waals surface area contributed by atoms with E-state index in [2.05, 4.69) is 29.4 Å². The second-order valence-electron chi connectivity index (χ2n) is 5.85. The van der Waals surface area contributed by atoms with Gasteiger partial charge in [-0.25, -0.2) is 4.68 Å². The van der Waals surface area contributed by atoms with Gasteiger partial charge < -0.3 is 10.5 Å². The fourth-order valence-electron chi connectivity index (χ4n) is 2.70. The minimum atomic E-state index is 0.432. The zero-order valence-corrected chi connectivity index (χ0v) is 14.3. The number of nitrogens with two attached hydrogens (primary N) is 1. The van der Waals surface area contributed by atoms with Crippen LogP contribution in [-0.2, 0) is 19.5 Å². The number of aromatic nitrogens is 3. The number of benzene rings is 1. The molecule has 0 saturated heterocycles. The second-order valence-corrected chi connectivity index (χ2v) is 5.85. The van der Waals surface area contributed by atoms with Crippen molar-refractivity contribution in [3.8, 4) is 5.75 Å². The lowest BCUT2D eigenvalue weighted by Crippen LogP contribution is -2.09. The number of hydrogen-bond acceptors (Lipinski definition) is 4. The molecule has 0 atom stereocenters. The number of unbranched alkanes of at least 4 members (excludes halogenated alkanes) is 4. The van der Waals surface area contributed by atoms with Crippen molar-refractivity contribution in [1.82, 2.24) is 15.0 Å². The molecule has 2 N–H and O–H groups in total. The van der Waals surface area contributed by atoms with E-state index in [1.165, 1.54) is 31.2 Å². The number of aryl methyl sites for hydroxylation is 1. The standard InChI is InChI=1S/C18H28N4O/c1-3-4-5-6-7-12-22-18(17(14-19)20-21-22)13-15-8-10-16(23-2)11-9-15/h8-11H,3-7,12-14,19H2,1-2H3. The molecule has 0 bridgehead atoms. The minimum absolute atomic E-state index is 0.432. The summed E-state index contributed by atoms with van der Waals surface area (Å²) in [6.07, 6.45) is 7.06. The number of rotatable bonds is 10. The molecular formula is C18H28N4O. The van der Waals surface area contributed by atoms with Gasteiger partial charge in [0.1, 0.15) is 5.75 Å². The molecule has 0 aliphatic rings. The minimum Gasteiger partial charge on any atom is -0.497 e. The first kappa shape index (κ1) is 17.5. The molecule has 5 heteroatoms. The van der Waals surface area contributed by atoms with Crippen LogP contribution in [0.25, 0.3) is 0 Å². The predicted octanol–water partition coefficient (Wildman–Crippen LogP) is 3.31. The first-order chi connectivity index (χ1) is 11.3. The summed E-state index contributed by atoms with van der Waals surface area (Å²) in [5.41, 5.74) is 9.07. The van der Waals surface area contributed by atoms with E-state index >= 15 is 0 Å². The molecule has 5 nitrogen and oxygen atoms in total. The van der Waals surface area contributed by atoms with Crippen molar-refractivity contribution < 1.29 is 4.74 Å². The van der Waals surface area contributed by atoms with Gasteiger partial charge in [0, 0.05) is 19.5 Å². The fourth-order valence-corrected chi connectivity index (χ4v) is 2.70. The van der Waals surface area contributed by atoms with Crippen molar-refractivity contribution in [2.24, 2.45) is 5.73 Å². The molecule has 0 saturated carbocycles. The van der Waals surface area contributed by atoms with Crippen LogP contribution in [0, 0.1) is 0 Å². The summed E-state index contributed by atoms with van der Waals surface area (Å²) in [5, 5.41) is 8.54. The van der Waals surface area contributed by atoms with Gasteiger partial charge in [0.05, 0.1) is 18.5 Å². The van der Waals surface area contributed by atoms with Crippen molar-refractivity contribution in [2.45, 2.75) is 58.5 Å². The molecule has 0 amide bonds. The average Bonchev–Trinajstić information content (AvgIpc) is 2.97. The van der Waals surface area contributed by atoms with E-state index in [-0.39, 0.29) is 0 Å². The molecule has 0 unspecified atom stereocenters. The quantitative estimate of drug-likeness (QED) is 0.683. The largest absolute Gasteiger partial charge is 0.497 e. The third kappa shape index (κ3) is 5.06. The summed E-state index contributed by atoms with van der Waals surface area (Å²) in [7, 11) is 1.68. The first-order valence-electron chi connectivity index (χ1n) is 8.52. The highest BCUT2D eigenvalue weighted by molar-refractivity contribution is 5.30. The number of methoxy groups -OCH3 is 1. The number of hydrogen-bond donors (Lipinski definition) is 1. The third-order valence-electron chi connectivity index (χ3n) is 4.12. The maximum Gasteiger partial charge on any atom is 0.118 e. The summed E-state index contributed by atoms with van der Waals surface area (Å²) in [6, 6.07) is 8.13. The van der Waals surface area contributed by atoms with Crippen molar-refractivity contribution in [2.75, 3.05) is 7.11 Å². The lowest BCUT2D eigenvalue weighted by molar-refractivity contribution is 0.414. The molecule has 2 rings (SSSR count). The highest BCUT2D eigenvalue weighted by atomic mass is 16.5. The Labute approximate surface area is 138 Å². The predicted molar refractivity (Wildman–Crippen MR) is 92.5 cm³/mol. The molecule has 0 fully saturated rings. The summed E-state index contributed by atoms with van der Waals surface area (Å²) in [4.78, 5) is 0. The van der Waals surface area contributed by atoms with Gasteiger partial charge in [0.2, 0.25) is 0 Å². The van der Waals surface area contributed by atoms with Crippen LogP contribution in [0.5, 0.6) is 5.75 Å². The Morgan fingerprint density at radius 1 is 1.09 bits per heavy atom. The molecule has 0 aliphatic heterocycles. The smallest absolute Gasteiger partial charge is 0.118 e. The van der Waals surface area contributed by atoms with Crippen molar-refractivity contribution in [3.63, 3.8) is 0 Å². The van der Waals surface area contributed by atoms with Crippen LogP contribution >= 0.6 is 0 Å². The normalized spacial score (nSPS) is 10.9. The molecule has 2 aromatic rings. The van der Waals surface area contributed by atoms with Gasteiger partial charge >= 0.3 is 0 Å². The molecule has 0 aliphatic carbocycles. The van der Waals surface area contributed by atoms with E-state index < -0.39 is 0 Å². The first-order valence-corrected chi connectivity index (χ1v) is 8.52. The lowest BCUT2D eigenvalue weighted by Gasteiger charge is -2.09. The van der Waals surface area contributed by atoms with Crippen LogP contribution in [0.15, 0.2) is 24.3 Å². The molecule has 1 aromatic carbocycles. The Morgan fingerprint density at radius 3 is 2.48 bits per heavy atom. The highest BCUT2D eigenvalue weighted by Crippen LogP contribution is 2.17. The SMILES string of the molecule is CCCCCCCn1nnc(CN)c1Cc1ccc(OC)cc1. The van der Waals surface area contributed by atoms with E-state index in [4.69, 9.17) is 10.5 Å². The number of nitrogens with zero attached hydrogens (tertiary/aromatic N) is 3. The molecule has 23 heavy (non-hydrogen) atoms. The number of ether oxygens (including phenoxy) is 1. The van der Waals surface area contributed by atoms with Crippen LogP contribution in [0.2, 0.25) is 0 Å². The van der Waals surface area contributed by atoms with Crippen molar-refractivity contribution in [1.29, 1.82) is 0 Å². The summed E-state index contributed by atoms with van der Waals surface area (Å²) in [6.45, 7) is 3.58. The van der Waals surface area contributed by atoms with Crippen LogP contribution in [0.1, 0.15) is 56.0 Å². The van der Waals surface area contributed by atoms with Gasteiger partial charge in [-0.15, -0.1) is 5.10 Å². The lowest BCUT2D eigenvalue weighted by atomic mass is 10.1. The van der Waals surface area contributed by atoms with E-state index in [9.17, 15) is 0 Å². The van der Waals surface area contributed by atoms with Gasteiger partial charge in [-0.3, -0.25) is 0 Å². The van der Waals surface area contributed by atoms with Crippen molar-refractivity contribution in [3.05, 3.63) is 41.2 Å². The molecule has 0 spiro atoms. The van der Waals surface area contributed by atoms with Gasteiger partial charge in [-0.2, -0.15) is 0 Å². The average molecular weight is 316 g/mol. The Morgan fingerprint density at radius 2 is 1.83 bits per heavy atom. The van der Waals surface area contributed by atoms with E-state index in [1.807, 2.05) is 16.8 Å². The third-order valence-corrected chi connectivity index (χ3v) is 4.12. The Balaban J connectivity index is 2.01. The van der Waals surface area contributed by atoms with E-state index in [1.54, 1.807) is 7.11 Å². The molecule has 1 aromatic heterocycles. The molecule has 126 valence electrons. The summed E-state index contributed by atoms with van der Waals surface area (Å²) >= 11 is 0. The highest BCUT2D eigenvalue weighted by Gasteiger charge is 2.12. The fraction of sp³-hybridized carbons (Fsp3) is 0.556. The Kier molecular flexibility index (Phi) is 7.07. The van der Waals surface area contributed by atoms with E-state index in [0.29, 0.717) is 6.54 Å². The zero-order chi connectivity index (χ0) is 16.5. The summed E-state index contributed by atoms with van der Waals surface area (Å²) in [5.74, 6) is 0.871. The second kappa shape index (κ2) is 9.30. The van der Waals surface area contributed by atoms with Gasteiger partial charge in [0.25, 0.3) is 0 Å². The zero-order valence-electron chi connectivity index (χ0n) is 14.3. The van der Waals surface area contributed by atoms with Crippen LogP contribution in [0.3, 0.4) is 0 Å². The van der Waals surface area contributed by atoms with Gasteiger partial charge in [0.15, 0.2) is 0 Å². The van der Waals surface area contributed by atoms with Crippen LogP contribution < -0.4 is 10.5 Å². The Hall–Kier alpha value is -1.88. The van der Waals surface area contributed by atoms with Crippen LogP contribution in [0.4, 0.5) is 0 Å². The monoisotopic (exact) mass is 316 g/mol. The topological polar surface area (TPSA) is 66.0 Å².